The summed E-state index contributed by atoms with van der Waals surface area (Å²) in [6.07, 6.45) is 0.973. The van der Waals surface area contributed by atoms with Crippen LogP contribution in [0.5, 0.6) is 0 Å². The fourth-order valence-corrected chi connectivity index (χ4v) is 12.1. The number of aliphatic hydroxyl groups is 2. The molecule has 0 heterocycles. The van der Waals surface area contributed by atoms with Crippen molar-refractivity contribution in [3.05, 3.63) is 42.0 Å². The van der Waals surface area contributed by atoms with E-state index in [4.69, 9.17) is 0 Å². The Balaban J connectivity index is 1.44. The van der Waals surface area contributed by atoms with Crippen molar-refractivity contribution >= 4 is 9.84 Å². The number of aliphatic hydroxyl groups excluding tert-OH is 1. The van der Waals surface area contributed by atoms with Crippen molar-refractivity contribution in [1.82, 2.24) is 0 Å². The molecule has 4 aliphatic carbocycles. The van der Waals surface area contributed by atoms with Gasteiger partial charge in [-0.05, 0) is 109 Å². The van der Waals surface area contributed by atoms with E-state index < -0.39 is 38.4 Å². The van der Waals surface area contributed by atoms with Crippen LogP contribution in [0, 0.1) is 45.8 Å². The molecule has 1 aromatic carbocycles. The van der Waals surface area contributed by atoms with Crippen molar-refractivity contribution < 1.29 is 31.8 Å². The monoisotopic (exact) mass is 624 g/mol. The Hall–Kier alpha value is -1.38. The number of hydrogen-bond acceptors (Lipinski definition) is 4. The number of allylic oxidation sites excluding steroid dienone is 1. The zero-order valence-electron chi connectivity index (χ0n) is 26.6. The first-order valence-corrected chi connectivity index (χ1v) is 17.8. The Morgan fingerprint density at radius 3 is 2.23 bits per heavy atom. The van der Waals surface area contributed by atoms with Gasteiger partial charge in [0.2, 0.25) is 0 Å². The van der Waals surface area contributed by atoms with Crippen LogP contribution in [-0.4, -0.2) is 41.8 Å². The minimum absolute atomic E-state index is 0.0825. The maximum Gasteiger partial charge on any atom is 0.417 e. The lowest BCUT2D eigenvalue weighted by Gasteiger charge is -2.59. The molecule has 4 nitrogen and oxygen atoms in total. The normalized spacial score (nSPS) is 38.7. The van der Waals surface area contributed by atoms with Crippen molar-refractivity contribution in [3.63, 3.8) is 0 Å². The maximum atomic E-state index is 14.2. The van der Waals surface area contributed by atoms with Gasteiger partial charge < -0.3 is 10.2 Å². The van der Waals surface area contributed by atoms with Crippen molar-refractivity contribution in [2.45, 2.75) is 127 Å². The van der Waals surface area contributed by atoms with Crippen molar-refractivity contribution in [2.24, 2.45) is 45.8 Å². The van der Waals surface area contributed by atoms with E-state index in [0.717, 1.165) is 37.7 Å². The van der Waals surface area contributed by atoms with Crippen LogP contribution >= 0.6 is 0 Å². The van der Waals surface area contributed by atoms with Crippen LogP contribution < -0.4 is 0 Å². The first-order valence-electron chi connectivity index (χ1n) is 16.2. The van der Waals surface area contributed by atoms with Crippen LogP contribution in [0.2, 0.25) is 0 Å². The van der Waals surface area contributed by atoms with Crippen molar-refractivity contribution in [3.8, 4) is 0 Å². The lowest BCUT2D eigenvalue weighted by Crippen LogP contribution is -2.56. The first-order chi connectivity index (χ1) is 19.8. The van der Waals surface area contributed by atoms with Crippen LogP contribution in [0.25, 0.3) is 0 Å². The molecule has 2 unspecified atom stereocenters. The zero-order valence-corrected chi connectivity index (χ0v) is 27.4. The molecule has 5 rings (SSSR count). The highest BCUT2D eigenvalue weighted by Gasteiger charge is 2.64. The third-order valence-corrected chi connectivity index (χ3v) is 15.3. The van der Waals surface area contributed by atoms with Gasteiger partial charge in [0, 0.05) is 6.42 Å². The summed E-state index contributed by atoms with van der Waals surface area (Å²) < 4.78 is 69.6. The molecule has 8 heteroatoms. The molecule has 2 N–H and O–H groups in total. The third kappa shape index (κ3) is 5.43. The topological polar surface area (TPSA) is 74.6 Å². The molecule has 0 aliphatic heterocycles. The second-order valence-corrected chi connectivity index (χ2v) is 18.2. The largest absolute Gasteiger partial charge is 0.417 e. The van der Waals surface area contributed by atoms with Gasteiger partial charge in [0.15, 0.2) is 15.4 Å². The van der Waals surface area contributed by atoms with Gasteiger partial charge in [0.1, 0.15) is 0 Å². The van der Waals surface area contributed by atoms with Gasteiger partial charge in [0.05, 0.1) is 16.2 Å². The van der Waals surface area contributed by atoms with Crippen LogP contribution in [0.15, 0.2) is 46.9 Å². The number of hydrogen-bond donors (Lipinski definition) is 2. The molecule has 3 saturated carbocycles. The lowest BCUT2D eigenvalue weighted by molar-refractivity contribution is -0.271. The van der Waals surface area contributed by atoms with Crippen LogP contribution in [0.4, 0.5) is 13.2 Å². The fraction of sp³-hybridized carbons (Fsp3) is 0.771. The van der Waals surface area contributed by atoms with Gasteiger partial charge in [-0.15, -0.1) is 0 Å². The summed E-state index contributed by atoms with van der Waals surface area (Å²) in [5.74, 6) is 0.962. The molecule has 0 spiro atoms. The Bertz CT molecular complexity index is 1320. The molecule has 0 saturated heterocycles. The number of alkyl halides is 3. The SMILES string of the molecule is C[C@H](C(CC(O)C(C)(C)C)S(=O)(=O)c1ccccc1)[C@H]1CC[C@H]2[C@@H]3CC=C4C[C@](O)(C(F)(F)F)CC[C@]4(C)[C@H]3CC[C@]12C. The van der Waals surface area contributed by atoms with Crippen LogP contribution in [-0.2, 0) is 9.84 Å². The van der Waals surface area contributed by atoms with E-state index in [1.807, 2.05) is 32.9 Å². The Morgan fingerprint density at radius 1 is 0.977 bits per heavy atom. The van der Waals surface area contributed by atoms with Crippen LogP contribution in [0.3, 0.4) is 0 Å². The quantitative estimate of drug-likeness (QED) is 0.314. The molecule has 0 amide bonds. The second kappa shape index (κ2) is 10.9. The van der Waals surface area contributed by atoms with Crippen LogP contribution in [0.1, 0.15) is 99.3 Å². The summed E-state index contributed by atoms with van der Waals surface area (Å²) in [4.78, 5) is 0.297. The van der Waals surface area contributed by atoms with E-state index in [1.54, 1.807) is 24.3 Å². The van der Waals surface area contributed by atoms with Crippen molar-refractivity contribution in [2.75, 3.05) is 0 Å². The standard InChI is InChI=1S/C35H51F3O4S/c1-22(29(20-30(39)31(2,3)4)43(41,42)24-10-8-7-9-11-24)26-14-15-27-25-13-12-23-21-34(40,35(36,37)38)19-18-32(23,5)28(25)16-17-33(26,27)6/h7-12,22,25-30,39-40H,13-21H2,1-6H3/t22-,25-,26+,27-,28-,29?,30?,32-,33+,34-/m0/s1. The lowest BCUT2D eigenvalue weighted by atomic mass is 9.46. The fourth-order valence-electron chi connectivity index (χ4n) is 10.0. The summed E-state index contributed by atoms with van der Waals surface area (Å²) in [5, 5.41) is 21.0. The predicted octanol–water partition coefficient (Wildman–Crippen LogP) is 8.13. The summed E-state index contributed by atoms with van der Waals surface area (Å²) in [7, 11) is -3.71. The number of benzene rings is 1. The third-order valence-electron chi connectivity index (χ3n) is 12.9. The highest BCUT2D eigenvalue weighted by atomic mass is 32.2. The molecule has 3 fully saturated rings. The maximum absolute atomic E-state index is 14.2. The molecule has 0 aromatic heterocycles. The number of rotatable bonds is 6. The molecule has 10 atom stereocenters. The average Bonchev–Trinajstić information content (AvgIpc) is 3.28. The van der Waals surface area contributed by atoms with Gasteiger partial charge in [-0.3, -0.25) is 0 Å². The van der Waals surface area contributed by atoms with E-state index in [2.05, 4.69) is 20.8 Å². The smallest absolute Gasteiger partial charge is 0.393 e. The molecule has 242 valence electrons. The molecular weight excluding hydrogens is 573 g/mol. The minimum Gasteiger partial charge on any atom is -0.393 e. The van der Waals surface area contributed by atoms with Gasteiger partial charge in [0.25, 0.3) is 0 Å². The highest BCUT2D eigenvalue weighted by Crippen LogP contribution is 2.68. The molecule has 0 bridgehead atoms. The molecule has 1 aromatic rings. The first kappa shape index (κ1) is 33.0. The predicted molar refractivity (Wildman–Crippen MR) is 163 cm³/mol. The second-order valence-electron chi connectivity index (χ2n) is 16.1. The van der Waals surface area contributed by atoms with Gasteiger partial charge in [-0.1, -0.05) is 71.4 Å². The van der Waals surface area contributed by atoms with Gasteiger partial charge in [-0.25, -0.2) is 8.42 Å². The Morgan fingerprint density at radius 2 is 1.63 bits per heavy atom. The summed E-state index contributed by atoms with van der Waals surface area (Å²) >= 11 is 0. The molecular formula is C35H51F3O4S. The minimum atomic E-state index is -4.64. The number of fused-ring (bicyclic) bond motifs is 5. The van der Waals surface area contributed by atoms with E-state index >= 15 is 0 Å². The summed E-state index contributed by atoms with van der Waals surface area (Å²) in [5.41, 5.74) is -2.75. The Kier molecular flexibility index (Phi) is 8.33. The molecule has 43 heavy (non-hydrogen) atoms. The van der Waals surface area contributed by atoms with Gasteiger partial charge in [-0.2, -0.15) is 13.2 Å². The summed E-state index contributed by atoms with van der Waals surface area (Å²) in [6.45, 7) is 12.3. The number of halogens is 3. The zero-order chi connectivity index (χ0) is 31.8. The highest BCUT2D eigenvalue weighted by molar-refractivity contribution is 7.92. The van der Waals surface area contributed by atoms with Crippen molar-refractivity contribution in [1.29, 1.82) is 0 Å². The summed E-state index contributed by atoms with van der Waals surface area (Å²) in [6, 6.07) is 8.60. The number of sulfone groups is 1. The van der Waals surface area contributed by atoms with E-state index in [0.29, 0.717) is 23.2 Å². The van der Waals surface area contributed by atoms with Gasteiger partial charge >= 0.3 is 6.18 Å². The average molecular weight is 625 g/mol. The van der Waals surface area contributed by atoms with E-state index in [1.165, 1.54) is 0 Å². The van der Waals surface area contributed by atoms with E-state index in [9.17, 15) is 31.8 Å². The Labute approximate surface area is 256 Å². The molecule has 4 aliphatic rings. The van der Waals surface area contributed by atoms with E-state index in [-0.39, 0.29) is 47.8 Å². The molecule has 0 radical (unpaired) electrons.